The highest BCUT2D eigenvalue weighted by Gasteiger charge is 2.18. The van der Waals surface area contributed by atoms with Gasteiger partial charge in [-0.3, -0.25) is 14.8 Å². The quantitative estimate of drug-likeness (QED) is 0.876. The standard InChI is InChI=1S/C14H14N6O/c15-4-2-6-20(10-11-3-1-5-17-7-11)14(21)12-8-18-9-13(16)19-12/h1,3,5,7-9H,2,6,10H2,(H2,16,19). The van der Waals surface area contributed by atoms with Crippen LogP contribution in [0.15, 0.2) is 36.9 Å². The van der Waals surface area contributed by atoms with E-state index in [0.717, 1.165) is 5.56 Å². The van der Waals surface area contributed by atoms with E-state index in [-0.39, 0.29) is 23.8 Å². The highest BCUT2D eigenvalue weighted by Crippen LogP contribution is 2.09. The van der Waals surface area contributed by atoms with Gasteiger partial charge < -0.3 is 10.6 Å². The molecule has 2 heterocycles. The summed E-state index contributed by atoms with van der Waals surface area (Å²) >= 11 is 0. The zero-order valence-electron chi connectivity index (χ0n) is 11.3. The lowest BCUT2D eigenvalue weighted by Gasteiger charge is -2.21. The van der Waals surface area contributed by atoms with Crippen LogP contribution in [0, 0.1) is 11.3 Å². The lowest BCUT2D eigenvalue weighted by molar-refractivity contribution is 0.0740. The monoisotopic (exact) mass is 282 g/mol. The van der Waals surface area contributed by atoms with E-state index in [0.29, 0.717) is 13.1 Å². The van der Waals surface area contributed by atoms with E-state index < -0.39 is 0 Å². The van der Waals surface area contributed by atoms with Crippen molar-refractivity contribution in [2.75, 3.05) is 12.3 Å². The molecule has 2 N–H and O–H groups in total. The van der Waals surface area contributed by atoms with Crippen LogP contribution in [-0.4, -0.2) is 32.3 Å². The summed E-state index contributed by atoms with van der Waals surface area (Å²) in [5, 5.41) is 8.73. The van der Waals surface area contributed by atoms with E-state index in [1.54, 1.807) is 18.5 Å². The van der Waals surface area contributed by atoms with Crippen LogP contribution in [0.5, 0.6) is 0 Å². The molecule has 0 unspecified atom stereocenters. The molecular weight excluding hydrogens is 268 g/mol. The van der Waals surface area contributed by atoms with Crippen LogP contribution in [0.25, 0.3) is 0 Å². The summed E-state index contributed by atoms with van der Waals surface area (Å²) in [5.74, 6) is -0.128. The number of anilines is 1. The van der Waals surface area contributed by atoms with Crippen LogP contribution in [0.1, 0.15) is 22.5 Å². The molecule has 0 saturated heterocycles. The maximum absolute atomic E-state index is 12.4. The number of rotatable bonds is 5. The third-order valence-corrected chi connectivity index (χ3v) is 2.75. The van der Waals surface area contributed by atoms with E-state index in [1.807, 2.05) is 12.1 Å². The first-order chi connectivity index (χ1) is 10.2. The van der Waals surface area contributed by atoms with Gasteiger partial charge in [-0.15, -0.1) is 0 Å². The fraction of sp³-hybridized carbons (Fsp3) is 0.214. The molecule has 2 rings (SSSR count). The minimum absolute atomic E-state index is 0.164. The van der Waals surface area contributed by atoms with Gasteiger partial charge in [-0.2, -0.15) is 5.26 Å². The van der Waals surface area contributed by atoms with Gasteiger partial charge in [0.1, 0.15) is 11.5 Å². The molecule has 0 saturated carbocycles. The predicted molar refractivity (Wildman–Crippen MR) is 75.7 cm³/mol. The van der Waals surface area contributed by atoms with E-state index in [9.17, 15) is 4.79 Å². The molecule has 0 spiro atoms. The Hall–Kier alpha value is -3.01. The average Bonchev–Trinajstić information content (AvgIpc) is 2.51. The Morgan fingerprint density at radius 1 is 1.33 bits per heavy atom. The molecular formula is C14H14N6O. The number of pyridine rings is 1. The second kappa shape index (κ2) is 6.96. The van der Waals surface area contributed by atoms with Gasteiger partial charge in [-0.25, -0.2) is 4.98 Å². The smallest absolute Gasteiger partial charge is 0.274 e. The highest BCUT2D eigenvalue weighted by atomic mass is 16.2. The molecule has 21 heavy (non-hydrogen) atoms. The Morgan fingerprint density at radius 2 is 2.19 bits per heavy atom. The van der Waals surface area contributed by atoms with E-state index in [4.69, 9.17) is 11.0 Å². The maximum Gasteiger partial charge on any atom is 0.274 e. The Morgan fingerprint density at radius 3 is 2.86 bits per heavy atom. The van der Waals surface area contributed by atoms with Gasteiger partial charge in [-0.1, -0.05) is 6.07 Å². The van der Waals surface area contributed by atoms with Crippen LogP contribution in [0.3, 0.4) is 0 Å². The first kappa shape index (κ1) is 14.4. The van der Waals surface area contributed by atoms with E-state index in [2.05, 4.69) is 15.0 Å². The summed E-state index contributed by atoms with van der Waals surface area (Å²) in [6.45, 7) is 0.658. The third-order valence-electron chi connectivity index (χ3n) is 2.75. The van der Waals surface area contributed by atoms with Gasteiger partial charge in [-0.05, 0) is 11.6 Å². The average molecular weight is 282 g/mol. The first-order valence-electron chi connectivity index (χ1n) is 6.33. The SMILES string of the molecule is N#CCCN(Cc1cccnc1)C(=O)c1cncc(N)n1. The molecule has 2 aromatic heterocycles. The molecule has 2 aromatic rings. The minimum atomic E-state index is -0.311. The molecule has 1 amide bonds. The molecule has 0 aromatic carbocycles. The van der Waals surface area contributed by atoms with Crippen molar-refractivity contribution in [3.63, 3.8) is 0 Å². The second-order valence-corrected chi connectivity index (χ2v) is 4.33. The normalized spacial score (nSPS) is 9.86. The lowest BCUT2D eigenvalue weighted by Crippen LogP contribution is -2.32. The Balaban J connectivity index is 2.19. The van der Waals surface area contributed by atoms with E-state index >= 15 is 0 Å². The molecule has 0 aliphatic rings. The van der Waals surface area contributed by atoms with Crippen molar-refractivity contribution >= 4 is 11.7 Å². The topological polar surface area (TPSA) is 109 Å². The number of nitrogens with zero attached hydrogens (tertiary/aromatic N) is 5. The van der Waals surface area contributed by atoms with Crippen molar-refractivity contribution in [3.05, 3.63) is 48.2 Å². The van der Waals surface area contributed by atoms with Gasteiger partial charge in [0.25, 0.3) is 5.91 Å². The molecule has 0 fully saturated rings. The molecule has 0 aliphatic carbocycles. The van der Waals surface area contributed by atoms with Gasteiger partial charge in [0, 0.05) is 25.5 Å². The van der Waals surface area contributed by atoms with Crippen molar-refractivity contribution in [2.24, 2.45) is 0 Å². The summed E-state index contributed by atoms with van der Waals surface area (Å²) in [5.41, 5.74) is 6.58. The fourth-order valence-corrected chi connectivity index (χ4v) is 1.80. The second-order valence-electron chi connectivity index (χ2n) is 4.33. The number of nitrogen functional groups attached to an aromatic ring is 1. The molecule has 0 radical (unpaired) electrons. The summed E-state index contributed by atoms with van der Waals surface area (Å²) in [7, 11) is 0. The first-order valence-corrected chi connectivity index (χ1v) is 6.33. The Kier molecular flexibility index (Phi) is 4.77. The zero-order chi connectivity index (χ0) is 15.1. The van der Waals surface area contributed by atoms with Crippen molar-refractivity contribution in [3.8, 4) is 6.07 Å². The Bertz CT molecular complexity index is 652. The Labute approximate surface area is 122 Å². The lowest BCUT2D eigenvalue weighted by atomic mass is 10.2. The summed E-state index contributed by atoms with van der Waals surface area (Å²) in [6.07, 6.45) is 6.31. The summed E-state index contributed by atoms with van der Waals surface area (Å²) < 4.78 is 0. The van der Waals surface area contributed by atoms with Crippen LogP contribution >= 0.6 is 0 Å². The van der Waals surface area contributed by atoms with Crippen LogP contribution < -0.4 is 5.73 Å². The molecule has 7 nitrogen and oxygen atoms in total. The van der Waals surface area contributed by atoms with Gasteiger partial charge >= 0.3 is 0 Å². The summed E-state index contributed by atoms with van der Waals surface area (Å²) in [6, 6.07) is 5.69. The number of aromatic nitrogens is 3. The molecule has 0 atom stereocenters. The van der Waals surface area contributed by atoms with Crippen molar-refractivity contribution in [2.45, 2.75) is 13.0 Å². The van der Waals surface area contributed by atoms with Crippen molar-refractivity contribution in [1.29, 1.82) is 5.26 Å². The van der Waals surface area contributed by atoms with Crippen LogP contribution in [0.2, 0.25) is 0 Å². The highest BCUT2D eigenvalue weighted by molar-refractivity contribution is 5.92. The van der Waals surface area contributed by atoms with Crippen molar-refractivity contribution < 1.29 is 4.79 Å². The van der Waals surface area contributed by atoms with Crippen LogP contribution in [0.4, 0.5) is 5.82 Å². The number of hydrogen-bond acceptors (Lipinski definition) is 6. The number of amides is 1. The fourth-order valence-electron chi connectivity index (χ4n) is 1.80. The molecule has 106 valence electrons. The number of hydrogen-bond donors (Lipinski definition) is 1. The third kappa shape index (κ3) is 3.98. The number of nitrogens with two attached hydrogens (primary N) is 1. The number of carbonyl (C=O) groups excluding carboxylic acids is 1. The number of nitriles is 1. The van der Waals surface area contributed by atoms with E-state index in [1.165, 1.54) is 17.3 Å². The van der Waals surface area contributed by atoms with Gasteiger partial charge in [0.05, 0.1) is 24.9 Å². The minimum Gasteiger partial charge on any atom is -0.382 e. The zero-order valence-corrected chi connectivity index (χ0v) is 11.3. The summed E-state index contributed by atoms with van der Waals surface area (Å²) in [4.78, 5) is 25.8. The van der Waals surface area contributed by atoms with Crippen molar-refractivity contribution in [1.82, 2.24) is 19.9 Å². The molecule has 0 bridgehead atoms. The maximum atomic E-state index is 12.4. The van der Waals surface area contributed by atoms with Gasteiger partial charge in [0.15, 0.2) is 0 Å². The predicted octanol–water partition coefficient (Wildman–Crippen LogP) is 1.01. The largest absolute Gasteiger partial charge is 0.382 e. The van der Waals surface area contributed by atoms with Crippen LogP contribution in [-0.2, 0) is 6.54 Å². The molecule has 0 aliphatic heterocycles. The molecule has 7 heteroatoms. The number of carbonyl (C=O) groups is 1. The van der Waals surface area contributed by atoms with Gasteiger partial charge in [0.2, 0.25) is 0 Å².